The van der Waals surface area contributed by atoms with Crippen LogP contribution in [0.1, 0.15) is 11.6 Å². The lowest BCUT2D eigenvalue weighted by molar-refractivity contribution is -0.130. The minimum Gasteiger partial charge on any atom is -0.508 e. The Morgan fingerprint density at radius 1 is 1.07 bits per heavy atom. The van der Waals surface area contributed by atoms with Gasteiger partial charge in [0.25, 0.3) is 0 Å². The van der Waals surface area contributed by atoms with E-state index in [9.17, 15) is 9.90 Å². The van der Waals surface area contributed by atoms with Crippen molar-refractivity contribution in [3.05, 3.63) is 79.0 Å². The molecule has 4 heteroatoms. The van der Waals surface area contributed by atoms with Crippen LogP contribution in [0.3, 0.4) is 0 Å². The predicted octanol–water partition coefficient (Wildman–Crippen LogP) is 4.81. The zero-order valence-corrected chi connectivity index (χ0v) is 15.4. The summed E-state index contributed by atoms with van der Waals surface area (Å²) < 4.78 is 0. The van der Waals surface area contributed by atoms with Gasteiger partial charge in [0.2, 0.25) is 5.91 Å². The van der Waals surface area contributed by atoms with Crippen LogP contribution >= 0.6 is 0 Å². The molecular weight excluding hydrogens is 348 g/mol. The van der Waals surface area contributed by atoms with Crippen molar-refractivity contribution in [2.24, 2.45) is 0 Å². The summed E-state index contributed by atoms with van der Waals surface area (Å²) in [5.74, 6) is 0.592. The second kappa shape index (κ2) is 6.27. The van der Waals surface area contributed by atoms with Crippen LogP contribution in [0.2, 0.25) is 0 Å². The summed E-state index contributed by atoms with van der Waals surface area (Å²) in [5, 5.41) is 13.4. The molecular formula is C24H20N2O2. The number of rotatable bonds is 3. The SMILES string of the molecule is C=CC(=O)N1CC(c2cc3ccc(-c4cc(O)cc5ccccc45)cc3[nH]2)C1. The number of aromatic amines is 1. The summed E-state index contributed by atoms with van der Waals surface area (Å²) in [6.45, 7) is 4.99. The van der Waals surface area contributed by atoms with E-state index in [0.717, 1.165) is 51.6 Å². The zero-order chi connectivity index (χ0) is 19.3. The van der Waals surface area contributed by atoms with Crippen LogP contribution < -0.4 is 0 Å². The first kappa shape index (κ1) is 16.6. The molecule has 2 heterocycles. The van der Waals surface area contributed by atoms with E-state index in [0.29, 0.717) is 5.92 Å². The highest BCUT2D eigenvalue weighted by Gasteiger charge is 2.31. The molecule has 0 unspecified atom stereocenters. The zero-order valence-electron chi connectivity index (χ0n) is 15.4. The Morgan fingerprint density at radius 2 is 1.89 bits per heavy atom. The lowest BCUT2D eigenvalue weighted by Gasteiger charge is -2.38. The number of amides is 1. The van der Waals surface area contributed by atoms with Crippen LogP contribution in [0.25, 0.3) is 32.8 Å². The van der Waals surface area contributed by atoms with Gasteiger partial charge in [0.05, 0.1) is 0 Å². The van der Waals surface area contributed by atoms with Crippen molar-refractivity contribution < 1.29 is 9.90 Å². The molecule has 5 rings (SSSR count). The number of nitrogens with zero attached hydrogens (tertiary/aromatic N) is 1. The van der Waals surface area contributed by atoms with Gasteiger partial charge in [-0.15, -0.1) is 0 Å². The molecule has 1 fully saturated rings. The summed E-state index contributed by atoms with van der Waals surface area (Å²) in [7, 11) is 0. The van der Waals surface area contributed by atoms with E-state index >= 15 is 0 Å². The van der Waals surface area contributed by atoms with Gasteiger partial charge in [-0.3, -0.25) is 4.79 Å². The minimum atomic E-state index is -0.00888. The van der Waals surface area contributed by atoms with Gasteiger partial charge in [0.15, 0.2) is 0 Å². The second-order valence-corrected chi connectivity index (χ2v) is 7.39. The average molecular weight is 368 g/mol. The van der Waals surface area contributed by atoms with Crippen LogP contribution in [-0.2, 0) is 4.79 Å². The molecule has 0 saturated carbocycles. The second-order valence-electron chi connectivity index (χ2n) is 7.39. The summed E-state index contributed by atoms with van der Waals surface area (Å²) in [6.07, 6.45) is 1.37. The molecule has 4 nitrogen and oxygen atoms in total. The third kappa shape index (κ3) is 2.65. The van der Waals surface area contributed by atoms with E-state index in [-0.39, 0.29) is 11.7 Å². The maximum absolute atomic E-state index is 11.7. The summed E-state index contributed by atoms with van der Waals surface area (Å²) >= 11 is 0. The molecule has 4 aromatic rings. The van der Waals surface area contributed by atoms with Gasteiger partial charge in [0.1, 0.15) is 5.75 Å². The minimum absolute atomic E-state index is 0.00888. The first-order valence-corrected chi connectivity index (χ1v) is 9.38. The quantitative estimate of drug-likeness (QED) is 0.510. The Hall–Kier alpha value is -3.53. The number of fused-ring (bicyclic) bond motifs is 2. The number of hydrogen-bond donors (Lipinski definition) is 2. The fourth-order valence-corrected chi connectivity index (χ4v) is 4.05. The van der Waals surface area contributed by atoms with E-state index in [1.807, 2.05) is 24.3 Å². The summed E-state index contributed by atoms with van der Waals surface area (Å²) in [4.78, 5) is 17.0. The maximum Gasteiger partial charge on any atom is 0.245 e. The molecule has 1 saturated heterocycles. The van der Waals surface area contributed by atoms with Crippen molar-refractivity contribution in [2.45, 2.75) is 5.92 Å². The fraction of sp³-hybridized carbons (Fsp3) is 0.125. The van der Waals surface area contributed by atoms with Crippen LogP contribution in [-0.4, -0.2) is 34.0 Å². The van der Waals surface area contributed by atoms with E-state index in [2.05, 4.69) is 41.9 Å². The number of nitrogens with one attached hydrogen (secondary N) is 1. The van der Waals surface area contributed by atoms with Crippen molar-refractivity contribution in [3.8, 4) is 16.9 Å². The third-order valence-electron chi connectivity index (χ3n) is 5.61. The molecule has 0 bridgehead atoms. The monoisotopic (exact) mass is 368 g/mol. The van der Waals surface area contributed by atoms with Crippen LogP contribution in [0.5, 0.6) is 5.75 Å². The number of benzene rings is 3. The molecule has 0 aliphatic carbocycles. The Kier molecular flexibility index (Phi) is 3.72. The van der Waals surface area contributed by atoms with Gasteiger partial charge in [-0.25, -0.2) is 0 Å². The molecule has 1 aliphatic heterocycles. The normalized spacial score (nSPS) is 14.4. The highest BCUT2D eigenvalue weighted by molar-refractivity contribution is 5.99. The highest BCUT2D eigenvalue weighted by Crippen LogP contribution is 2.35. The molecule has 0 spiro atoms. The van der Waals surface area contributed by atoms with Gasteiger partial charge < -0.3 is 15.0 Å². The number of carbonyl (C=O) groups excluding carboxylic acids is 1. The standard InChI is InChI=1S/C24H20N2O2/c1-2-24(28)26-13-18(14-26)23-11-17-8-7-16(10-22(17)25-23)21-12-19(27)9-15-5-3-4-6-20(15)21/h2-12,18,25,27H,1,13-14H2. The van der Waals surface area contributed by atoms with Crippen LogP contribution in [0.4, 0.5) is 0 Å². The number of aromatic nitrogens is 1. The smallest absolute Gasteiger partial charge is 0.245 e. The Morgan fingerprint density at radius 3 is 2.71 bits per heavy atom. The van der Waals surface area contributed by atoms with Gasteiger partial charge in [-0.05, 0) is 57.6 Å². The lowest BCUT2D eigenvalue weighted by Crippen LogP contribution is -2.47. The number of phenols is 1. The maximum atomic E-state index is 11.7. The Bertz CT molecular complexity index is 1230. The van der Waals surface area contributed by atoms with Crippen molar-refractivity contribution in [3.63, 3.8) is 0 Å². The third-order valence-corrected chi connectivity index (χ3v) is 5.61. The van der Waals surface area contributed by atoms with E-state index in [4.69, 9.17) is 0 Å². The average Bonchev–Trinajstić information content (AvgIpc) is 3.08. The predicted molar refractivity (Wildman–Crippen MR) is 112 cm³/mol. The first-order valence-electron chi connectivity index (χ1n) is 9.38. The lowest BCUT2D eigenvalue weighted by atomic mass is 9.96. The van der Waals surface area contributed by atoms with Gasteiger partial charge in [0, 0.05) is 30.2 Å². The van der Waals surface area contributed by atoms with Gasteiger partial charge >= 0.3 is 0 Å². The Balaban J connectivity index is 1.52. The van der Waals surface area contributed by atoms with E-state index in [1.165, 1.54) is 6.08 Å². The largest absolute Gasteiger partial charge is 0.508 e. The molecule has 0 atom stereocenters. The molecule has 0 radical (unpaired) electrons. The number of aromatic hydroxyl groups is 1. The van der Waals surface area contributed by atoms with Crippen molar-refractivity contribution in [2.75, 3.05) is 13.1 Å². The first-order chi connectivity index (χ1) is 13.6. The van der Waals surface area contributed by atoms with E-state index < -0.39 is 0 Å². The highest BCUT2D eigenvalue weighted by atomic mass is 16.3. The van der Waals surface area contributed by atoms with Crippen molar-refractivity contribution in [1.82, 2.24) is 9.88 Å². The molecule has 1 aliphatic rings. The number of hydrogen-bond acceptors (Lipinski definition) is 2. The molecule has 3 aromatic carbocycles. The Labute approximate surface area is 162 Å². The summed E-state index contributed by atoms with van der Waals surface area (Å²) in [6, 6.07) is 20.2. The van der Waals surface area contributed by atoms with Crippen molar-refractivity contribution >= 4 is 27.6 Å². The molecule has 1 aromatic heterocycles. The molecule has 28 heavy (non-hydrogen) atoms. The van der Waals surface area contributed by atoms with Crippen LogP contribution in [0, 0.1) is 0 Å². The number of likely N-dealkylation sites (tertiary alicyclic amines) is 1. The number of phenolic OH excluding ortho intramolecular Hbond substituents is 1. The molecule has 2 N–H and O–H groups in total. The number of H-pyrrole nitrogens is 1. The number of carbonyl (C=O) groups is 1. The topological polar surface area (TPSA) is 56.3 Å². The van der Waals surface area contributed by atoms with Gasteiger partial charge in [-0.1, -0.05) is 43.0 Å². The molecule has 1 amide bonds. The van der Waals surface area contributed by atoms with Gasteiger partial charge in [-0.2, -0.15) is 0 Å². The fourth-order valence-electron chi connectivity index (χ4n) is 4.05. The van der Waals surface area contributed by atoms with Crippen molar-refractivity contribution in [1.29, 1.82) is 0 Å². The molecule has 138 valence electrons. The van der Waals surface area contributed by atoms with E-state index in [1.54, 1.807) is 11.0 Å². The summed E-state index contributed by atoms with van der Waals surface area (Å²) in [5.41, 5.74) is 4.29. The van der Waals surface area contributed by atoms with Crippen LogP contribution in [0.15, 0.2) is 73.3 Å².